The van der Waals surface area contributed by atoms with Crippen molar-refractivity contribution in [1.82, 2.24) is 10.1 Å². The summed E-state index contributed by atoms with van der Waals surface area (Å²) < 4.78 is 10.4. The third-order valence-corrected chi connectivity index (χ3v) is 3.44. The standard InChI is InChI=1S/C17H10N2O4/c20-13-7-3-2-6-11(13)15-18-16(23-19-15)12-9-10-5-1-4-8-14(10)22-17(12)21/h1-9,20H. The van der Waals surface area contributed by atoms with Gasteiger partial charge in [-0.2, -0.15) is 4.98 Å². The van der Waals surface area contributed by atoms with Gasteiger partial charge in [-0.15, -0.1) is 0 Å². The van der Waals surface area contributed by atoms with E-state index in [1.807, 2.05) is 12.1 Å². The maximum Gasteiger partial charge on any atom is 0.349 e. The Morgan fingerprint density at radius 1 is 0.957 bits per heavy atom. The van der Waals surface area contributed by atoms with Crippen molar-refractivity contribution in [2.24, 2.45) is 0 Å². The lowest BCUT2D eigenvalue weighted by atomic mass is 10.2. The van der Waals surface area contributed by atoms with Crippen molar-refractivity contribution in [1.29, 1.82) is 0 Å². The number of rotatable bonds is 2. The number of hydrogen-bond acceptors (Lipinski definition) is 6. The van der Waals surface area contributed by atoms with Crippen LogP contribution in [0.4, 0.5) is 0 Å². The normalized spacial score (nSPS) is 11.0. The zero-order valence-corrected chi connectivity index (χ0v) is 11.8. The summed E-state index contributed by atoms with van der Waals surface area (Å²) in [5.41, 5.74) is 0.531. The van der Waals surface area contributed by atoms with Crippen molar-refractivity contribution in [2.75, 3.05) is 0 Å². The number of hydrogen-bond donors (Lipinski definition) is 1. The average molecular weight is 306 g/mol. The highest BCUT2D eigenvalue weighted by molar-refractivity contribution is 5.80. The molecule has 6 nitrogen and oxygen atoms in total. The predicted molar refractivity (Wildman–Crippen MR) is 82.9 cm³/mol. The molecular formula is C17H10N2O4. The highest BCUT2D eigenvalue weighted by Crippen LogP contribution is 2.28. The molecule has 1 N–H and O–H groups in total. The maximum absolute atomic E-state index is 12.1. The first-order chi connectivity index (χ1) is 11.2. The van der Waals surface area contributed by atoms with Crippen molar-refractivity contribution in [3.63, 3.8) is 0 Å². The van der Waals surface area contributed by atoms with Crippen LogP contribution < -0.4 is 5.63 Å². The van der Waals surface area contributed by atoms with Gasteiger partial charge in [-0.1, -0.05) is 35.5 Å². The Morgan fingerprint density at radius 3 is 2.61 bits per heavy atom. The summed E-state index contributed by atoms with van der Waals surface area (Å²) in [7, 11) is 0. The zero-order chi connectivity index (χ0) is 15.8. The average Bonchev–Trinajstić information content (AvgIpc) is 3.04. The van der Waals surface area contributed by atoms with Gasteiger partial charge in [0, 0.05) is 5.39 Å². The predicted octanol–water partition coefficient (Wildman–Crippen LogP) is 3.22. The molecule has 0 aliphatic rings. The van der Waals surface area contributed by atoms with E-state index in [1.165, 1.54) is 6.07 Å². The Labute approximate surface area is 129 Å². The number of nitrogens with zero attached hydrogens (tertiary/aromatic N) is 2. The van der Waals surface area contributed by atoms with Crippen LogP contribution in [0.2, 0.25) is 0 Å². The van der Waals surface area contributed by atoms with Gasteiger partial charge in [0.05, 0.1) is 5.56 Å². The molecule has 23 heavy (non-hydrogen) atoms. The fourth-order valence-corrected chi connectivity index (χ4v) is 2.32. The van der Waals surface area contributed by atoms with E-state index in [0.717, 1.165) is 5.39 Å². The molecule has 0 bridgehead atoms. The lowest BCUT2D eigenvalue weighted by Crippen LogP contribution is -2.02. The van der Waals surface area contributed by atoms with Crippen molar-refractivity contribution < 1.29 is 14.0 Å². The number of benzene rings is 2. The van der Waals surface area contributed by atoms with Crippen LogP contribution in [0.5, 0.6) is 5.75 Å². The van der Waals surface area contributed by atoms with E-state index < -0.39 is 5.63 Å². The summed E-state index contributed by atoms with van der Waals surface area (Å²) in [4.78, 5) is 16.3. The van der Waals surface area contributed by atoms with E-state index in [4.69, 9.17) is 8.94 Å². The minimum Gasteiger partial charge on any atom is -0.507 e. The van der Waals surface area contributed by atoms with Gasteiger partial charge in [-0.3, -0.25) is 0 Å². The first-order valence-electron chi connectivity index (χ1n) is 6.88. The van der Waals surface area contributed by atoms with Gasteiger partial charge in [-0.05, 0) is 24.3 Å². The number of fused-ring (bicyclic) bond motifs is 1. The molecule has 2 aromatic heterocycles. The first kappa shape index (κ1) is 13.3. The number of aromatic hydroxyl groups is 1. The minimum atomic E-state index is -0.559. The summed E-state index contributed by atoms with van der Waals surface area (Å²) in [5, 5.41) is 14.4. The number of aromatic nitrogens is 2. The molecule has 0 amide bonds. The first-order valence-corrected chi connectivity index (χ1v) is 6.88. The van der Waals surface area contributed by atoms with Gasteiger partial charge in [-0.25, -0.2) is 4.79 Å². The molecule has 112 valence electrons. The second-order valence-corrected chi connectivity index (χ2v) is 4.93. The monoisotopic (exact) mass is 306 g/mol. The van der Waals surface area contributed by atoms with Gasteiger partial charge < -0.3 is 14.0 Å². The molecular weight excluding hydrogens is 296 g/mol. The third-order valence-electron chi connectivity index (χ3n) is 3.44. The third kappa shape index (κ3) is 2.26. The van der Waals surface area contributed by atoms with E-state index in [1.54, 1.807) is 36.4 Å². The molecule has 0 saturated carbocycles. The molecule has 0 saturated heterocycles. The molecule has 0 unspecified atom stereocenters. The van der Waals surface area contributed by atoms with Gasteiger partial charge in [0.25, 0.3) is 5.89 Å². The van der Waals surface area contributed by atoms with Crippen molar-refractivity contribution >= 4 is 11.0 Å². The molecule has 4 rings (SSSR count). The van der Waals surface area contributed by atoms with Crippen molar-refractivity contribution in [2.45, 2.75) is 0 Å². The molecule has 0 aliphatic carbocycles. The summed E-state index contributed by atoms with van der Waals surface area (Å²) in [6.07, 6.45) is 0. The summed E-state index contributed by atoms with van der Waals surface area (Å²) in [6.45, 7) is 0. The molecule has 0 radical (unpaired) electrons. The van der Waals surface area contributed by atoms with Crippen LogP contribution in [0.3, 0.4) is 0 Å². The smallest absolute Gasteiger partial charge is 0.349 e. The van der Waals surface area contributed by atoms with Crippen LogP contribution in [-0.4, -0.2) is 15.2 Å². The van der Waals surface area contributed by atoms with Crippen LogP contribution in [0.25, 0.3) is 33.8 Å². The van der Waals surface area contributed by atoms with Crippen LogP contribution in [-0.2, 0) is 0 Å². The van der Waals surface area contributed by atoms with E-state index >= 15 is 0 Å². The number of phenolic OH excluding ortho intramolecular Hbond substituents is 1. The second-order valence-electron chi connectivity index (χ2n) is 4.93. The van der Waals surface area contributed by atoms with E-state index in [2.05, 4.69) is 10.1 Å². The largest absolute Gasteiger partial charge is 0.507 e. The van der Waals surface area contributed by atoms with Gasteiger partial charge in [0.15, 0.2) is 0 Å². The minimum absolute atomic E-state index is 0.0328. The zero-order valence-electron chi connectivity index (χ0n) is 11.8. The van der Waals surface area contributed by atoms with E-state index in [-0.39, 0.29) is 23.0 Å². The Hall–Kier alpha value is -3.41. The topological polar surface area (TPSA) is 89.4 Å². The molecule has 2 aromatic carbocycles. The molecule has 4 aromatic rings. The van der Waals surface area contributed by atoms with Crippen LogP contribution in [0, 0.1) is 0 Å². The Kier molecular flexibility index (Phi) is 2.94. The van der Waals surface area contributed by atoms with E-state index in [9.17, 15) is 9.90 Å². The Morgan fingerprint density at radius 2 is 1.74 bits per heavy atom. The SMILES string of the molecule is O=c1oc2ccccc2cc1-c1nc(-c2ccccc2O)no1. The quantitative estimate of drug-likeness (QED) is 0.572. The highest BCUT2D eigenvalue weighted by atomic mass is 16.5. The molecule has 0 fully saturated rings. The second kappa shape index (κ2) is 5.10. The Balaban J connectivity index is 1.85. The highest BCUT2D eigenvalue weighted by Gasteiger charge is 2.17. The molecule has 6 heteroatoms. The number of phenols is 1. The van der Waals surface area contributed by atoms with Crippen molar-refractivity contribution in [3.8, 4) is 28.6 Å². The lowest BCUT2D eigenvalue weighted by molar-refractivity contribution is 0.428. The number of para-hydroxylation sites is 2. The lowest BCUT2D eigenvalue weighted by Gasteiger charge is -1.98. The summed E-state index contributed by atoms with van der Waals surface area (Å²) in [6, 6.07) is 15.4. The van der Waals surface area contributed by atoms with Crippen molar-refractivity contribution in [3.05, 3.63) is 65.0 Å². The molecule has 0 atom stereocenters. The molecule has 2 heterocycles. The van der Waals surface area contributed by atoms with E-state index in [0.29, 0.717) is 11.1 Å². The molecule has 0 aliphatic heterocycles. The van der Waals surface area contributed by atoms with Gasteiger partial charge in [0.1, 0.15) is 16.9 Å². The summed E-state index contributed by atoms with van der Waals surface area (Å²) in [5.74, 6) is 0.277. The summed E-state index contributed by atoms with van der Waals surface area (Å²) >= 11 is 0. The molecule has 0 spiro atoms. The maximum atomic E-state index is 12.1. The van der Waals surface area contributed by atoms with Crippen LogP contribution in [0.15, 0.2) is 68.3 Å². The van der Waals surface area contributed by atoms with Gasteiger partial charge in [0.2, 0.25) is 5.82 Å². The fraction of sp³-hybridized carbons (Fsp3) is 0. The van der Waals surface area contributed by atoms with Gasteiger partial charge >= 0.3 is 5.63 Å². The fourth-order valence-electron chi connectivity index (χ4n) is 2.32. The van der Waals surface area contributed by atoms with Crippen LogP contribution in [0.1, 0.15) is 0 Å². The Bertz CT molecular complexity index is 1070. The van der Waals surface area contributed by atoms with Crippen LogP contribution >= 0.6 is 0 Å².